The van der Waals surface area contributed by atoms with Gasteiger partial charge in [-0.05, 0) is 36.2 Å². The van der Waals surface area contributed by atoms with Gasteiger partial charge in [0.05, 0.1) is 12.2 Å². The highest BCUT2D eigenvalue weighted by Crippen LogP contribution is 2.17. The summed E-state index contributed by atoms with van der Waals surface area (Å²) in [4.78, 5) is 16.8. The molecule has 1 aliphatic rings. The second kappa shape index (κ2) is 7.36. The highest BCUT2D eigenvalue weighted by Gasteiger charge is 2.23. The number of carbonyl (C=O) groups excluding carboxylic acids is 1. The Kier molecular flexibility index (Phi) is 5.20. The lowest BCUT2D eigenvalue weighted by Gasteiger charge is -2.35. The predicted octanol–water partition coefficient (Wildman–Crippen LogP) is 2.38. The molecule has 1 atom stereocenters. The number of urea groups is 1. The van der Waals surface area contributed by atoms with E-state index < -0.39 is 0 Å². The van der Waals surface area contributed by atoms with Crippen molar-refractivity contribution in [2.24, 2.45) is 7.05 Å². The van der Waals surface area contributed by atoms with Crippen molar-refractivity contribution in [3.63, 3.8) is 0 Å². The van der Waals surface area contributed by atoms with Crippen molar-refractivity contribution in [3.8, 4) is 0 Å². The Hall–Kier alpha value is -1.86. The zero-order valence-corrected chi connectivity index (χ0v) is 15.3. The van der Waals surface area contributed by atoms with Crippen molar-refractivity contribution in [1.29, 1.82) is 0 Å². The Balaban J connectivity index is 1.49. The minimum Gasteiger partial charge on any atom is -0.331 e. The van der Waals surface area contributed by atoms with Crippen LogP contribution in [0.15, 0.2) is 23.0 Å². The predicted molar refractivity (Wildman–Crippen MR) is 96.1 cm³/mol. The summed E-state index contributed by atoms with van der Waals surface area (Å²) in [6.45, 7) is 8.39. The first-order valence-corrected chi connectivity index (χ1v) is 9.26. The lowest BCUT2D eigenvalue weighted by molar-refractivity contribution is 0.133. The van der Waals surface area contributed by atoms with E-state index in [9.17, 15) is 4.79 Å². The number of nitrogens with zero attached hydrogens (tertiary/aromatic N) is 4. The number of amides is 2. The van der Waals surface area contributed by atoms with Crippen LogP contribution in [0.25, 0.3) is 0 Å². The molecule has 7 heteroatoms. The summed E-state index contributed by atoms with van der Waals surface area (Å²) >= 11 is 1.73. The van der Waals surface area contributed by atoms with Crippen LogP contribution in [-0.4, -0.2) is 51.8 Å². The topological polar surface area (TPSA) is 53.4 Å². The van der Waals surface area contributed by atoms with Gasteiger partial charge in [0, 0.05) is 51.0 Å². The van der Waals surface area contributed by atoms with E-state index in [1.165, 1.54) is 5.56 Å². The summed E-state index contributed by atoms with van der Waals surface area (Å²) in [5, 5.41) is 11.6. The molecule has 0 spiro atoms. The molecule has 0 saturated carbocycles. The molecule has 1 aliphatic heterocycles. The molecular weight excluding hydrogens is 322 g/mol. The van der Waals surface area contributed by atoms with Gasteiger partial charge in [-0.15, -0.1) is 0 Å². The summed E-state index contributed by atoms with van der Waals surface area (Å²) in [5.41, 5.74) is 3.52. The first-order valence-electron chi connectivity index (χ1n) is 8.32. The van der Waals surface area contributed by atoms with Gasteiger partial charge in [-0.3, -0.25) is 9.58 Å². The van der Waals surface area contributed by atoms with E-state index in [0.29, 0.717) is 0 Å². The molecule has 3 rings (SSSR count). The quantitative estimate of drug-likeness (QED) is 0.924. The average molecular weight is 347 g/mol. The van der Waals surface area contributed by atoms with Gasteiger partial charge in [0.25, 0.3) is 0 Å². The monoisotopic (exact) mass is 347 g/mol. The number of aromatic nitrogens is 2. The lowest BCUT2D eigenvalue weighted by Crippen LogP contribution is -2.51. The van der Waals surface area contributed by atoms with Gasteiger partial charge in [0.2, 0.25) is 0 Å². The van der Waals surface area contributed by atoms with Crippen molar-refractivity contribution in [1.82, 2.24) is 24.9 Å². The average Bonchev–Trinajstić information content (AvgIpc) is 3.19. The smallest absolute Gasteiger partial charge is 0.317 e. The van der Waals surface area contributed by atoms with Gasteiger partial charge in [-0.2, -0.15) is 16.4 Å². The normalized spacial score (nSPS) is 17.0. The van der Waals surface area contributed by atoms with Gasteiger partial charge < -0.3 is 10.2 Å². The third kappa shape index (κ3) is 3.79. The molecular formula is C17H25N5OS. The zero-order valence-electron chi connectivity index (χ0n) is 14.5. The maximum atomic E-state index is 12.5. The van der Waals surface area contributed by atoms with Crippen LogP contribution in [-0.2, 0) is 13.6 Å². The molecule has 1 saturated heterocycles. The SMILES string of the molecule is Cc1c([C@H](C)NC(=O)N2CCN(Cc3ccsc3)CC2)cnn1C. The van der Waals surface area contributed by atoms with Crippen molar-refractivity contribution in [2.45, 2.75) is 26.4 Å². The van der Waals surface area contributed by atoms with Crippen molar-refractivity contribution >= 4 is 17.4 Å². The van der Waals surface area contributed by atoms with Gasteiger partial charge in [0.15, 0.2) is 0 Å². The third-order valence-corrected chi connectivity index (χ3v) is 5.46. The van der Waals surface area contributed by atoms with Crippen LogP contribution in [0.4, 0.5) is 4.79 Å². The molecule has 6 nitrogen and oxygen atoms in total. The van der Waals surface area contributed by atoms with Gasteiger partial charge in [-0.1, -0.05) is 0 Å². The second-order valence-electron chi connectivity index (χ2n) is 6.37. The van der Waals surface area contributed by atoms with Crippen molar-refractivity contribution in [3.05, 3.63) is 39.8 Å². The van der Waals surface area contributed by atoms with E-state index >= 15 is 0 Å². The fourth-order valence-electron chi connectivity index (χ4n) is 3.04. The number of aryl methyl sites for hydroxylation is 1. The summed E-state index contributed by atoms with van der Waals surface area (Å²) in [6.07, 6.45) is 1.83. The third-order valence-electron chi connectivity index (χ3n) is 4.73. The van der Waals surface area contributed by atoms with E-state index in [-0.39, 0.29) is 12.1 Å². The number of thiophene rings is 1. The number of hydrogen-bond donors (Lipinski definition) is 1. The van der Waals surface area contributed by atoms with Gasteiger partial charge in [-0.25, -0.2) is 4.79 Å². The highest BCUT2D eigenvalue weighted by molar-refractivity contribution is 7.07. The largest absolute Gasteiger partial charge is 0.331 e. The number of rotatable bonds is 4. The lowest BCUT2D eigenvalue weighted by atomic mass is 10.1. The second-order valence-corrected chi connectivity index (χ2v) is 7.15. The standard InChI is InChI=1S/C17H25N5OS/c1-13(16-10-18-20(3)14(16)2)19-17(23)22-7-5-21(6-8-22)11-15-4-9-24-12-15/h4,9-10,12-13H,5-8,11H2,1-3H3,(H,19,23)/t13-/m0/s1. The summed E-state index contributed by atoms with van der Waals surface area (Å²) in [6, 6.07) is 2.15. The Morgan fingerprint density at radius 3 is 2.71 bits per heavy atom. The summed E-state index contributed by atoms with van der Waals surface area (Å²) in [5.74, 6) is 0. The molecule has 24 heavy (non-hydrogen) atoms. The fraction of sp³-hybridized carbons (Fsp3) is 0.529. The van der Waals surface area contributed by atoms with Crippen LogP contribution in [0, 0.1) is 6.92 Å². The summed E-state index contributed by atoms with van der Waals surface area (Å²) < 4.78 is 1.83. The van der Waals surface area contributed by atoms with Gasteiger partial charge in [0.1, 0.15) is 0 Å². The Labute approximate surface area is 147 Å². The molecule has 3 heterocycles. The van der Waals surface area contributed by atoms with Crippen LogP contribution in [0.1, 0.15) is 29.8 Å². The number of nitrogens with one attached hydrogen (secondary N) is 1. The summed E-state index contributed by atoms with van der Waals surface area (Å²) in [7, 11) is 1.92. The van der Waals surface area contributed by atoms with Crippen LogP contribution < -0.4 is 5.32 Å². The first-order chi connectivity index (χ1) is 11.5. The zero-order chi connectivity index (χ0) is 17.1. The molecule has 0 aromatic carbocycles. The molecule has 0 aliphatic carbocycles. The van der Waals surface area contributed by atoms with Gasteiger partial charge >= 0.3 is 6.03 Å². The molecule has 1 fully saturated rings. The fourth-order valence-corrected chi connectivity index (χ4v) is 3.70. The first kappa shape index (κ1) is 17.0. The maximum Gasteiger partial charge on any atom is 0.317 e. The number of carbonyl (C=O) groups is 1. The van der Waals surface area contributed by atoms with E-state index in [2.05, 4.69) is 32.1 Å². The molecule has 0 radical (unpaired) electrons. The molecule has 2 aromatic heterocycles. The molecule has 0 bridgehead atoms. The van der Waals surface area contributed by atoms with E-state index in [1.807, 2.05) is 36.7 Å². The maximum absolute atomic E-state index is 12.5. The van der Waals surface area contributed by atoms with Crippen LogP contribution in [0.2, 0.25) is 0 Å². The molecule has 2 aromatic rings. The van der Waals surface area contributed by atoms with E-state index in [1.54, 1.807) is 11.3 Å². The van der Waals surface area contributed by atoms with Crippen LogP contribution in [0.3, 0.4) is 0 Å². The highest BCUT2D eigenvalue weighted by atomic mass is 32.1. The Morgan fingerprint density at radius 1 is 1.38 bits per heavy atom. The molecule has 2 amide bonds. The molecule has 0 unspecified atom stereocenters. The van der Waals surface area contributed by atoms with E-state index in [0.717, 1.165) is 44.0 Å². The van der Waals surface area contributed by atoms with Crippen LogP contribution in [0.5, 0.6) is 0 Å². The minimum atomic E-state index is -0.0324. The van der Waals surface area contributed by atoms with Crippen LogP contribution >= 0.6 is 11.3 Å². The number of hydrogen-bond acceptors (Lipinski definition) is 4. The van der Waals surface area contributed by atoms with Crippen molar-refractivity contribution in [2.75, 3.05) is 26.2 Å². The Morgan fingerprint density at radius 2 is 2.12 bits per heavy atom. The minimum absolute atomic E-state index is 0.0148. The molecule has 130 valence electrons. The molecule has 1 N–H and O–H groups in total. The number of piperazine rings is 1. The van der Waals surface area contributed by atoms with Crippen molar-refractivity contribution < 1.29 is 4.79 Å². The van der Waals surface area contributed by atoms with E-state index in [4.69, 9.17) is 0 Å². The Bertz CT molecular complexity index is 673.